The van der Waals surface area contributed by atoms with Crippen molar-refractivity contribution < 1.29 is 0 Å². The average molecular weight is 411 g/mol. The second-order valence-electron chi connectivity index (χ2n) is 6.28. The molecule has 1 atom stereocenters. The third kappa shape index (κ3) is 4.81. The van der Waals surface area contributed by atoms with Gasteiger partial charge in [0.25, 0.3) is 0 Å². The van der Waals surface area contributed by atoms with Gasteiger partial charge in [-0.2, -0.15) is 0 Å². The lowest BCUT2D eigenvalue weighted by Gasteiger charge is -2.16. The number of hydrogen-bond donors (Lipinski definition) is 0. The van der Waals surface area contributed by atoms with Crippen LogP contribution in [-0.4, -0.2) is 0 Å². The van der Waals surface area contributed by atoms with Crippen molar-refractivity contribution in [2.75, 3.05) is 0 Å². The molecule has 0 aliphatic carbocycles. The monoisotopic (exact) mass is 410 g/mol. The van der Waals surface area contributed by atoms with Crippen LogP contribution in [0, 0.1) is 0 Å². The van der Waals surface area contributed by atoms with Crippen molar-refractivity contribution in [3.05, 3.63) is 82.8 Å². The molecule has 0 spiro atoms. The van der Waals surface area contributed by atoms with Crippen LogP contribution in [0.3, 0.4) is 0 Å². The number of benzene rings is 3. The summed E-state index contributed by atoms with van der Waals surface area (Å²) in [4.78, 5) is 0. The number of halogens is 1. The fraction of sp³-hybridized carbons (Fsp3) is 0.217. The zero-order valence-electron chi connectivity index (χ0n) is 14.6. The summed E-state index contributed by atoms with van der Waals surface area (Å²) in [5, 5.41) is 2.86. The van der Waals surface area contributed by atoms with E-state index in [4.69, 9.17) is 0 Å². The Hall–Kier alpha value is -1.43. The number of hydrogen-bond acceptors (Lipinski definition) is 0. The first-order chi connectivity index (χ1) is 12.3. The summed E-state index contributed by atoms with van der Waals surface area (Å²) in [6.45, 7) is 2.26. The van der Waals surface area contributed by atoms with E-state index in [-0.39, 0.29) is 0 Å². The predicted molar refractivity (Wildman–Crippen MR) is 117 cm³/mol. The van der Waals surface area contributed by atoms with Gasteiger partial charge >= 0.3 is 0 Å². The van der Waals surface area contributed by atoms with Crippen molar-refractivity contribution in [1.29, 1.82) is 0 Å². The Bertz CT molecular complexity index is 797. The molecule has 0 bridgehead atoms. The first-order valence-electron chi connectivity index (χ1n) is 8.98. The fourth-order valence-electron chi connectivity index (χ4n) is 3.03. The van der Waals surface area contributed by atoms with Gasteiger partial charge in [0, 0.05) is 4.47 Å². The smallest absolute Gasteiger partial charge is 0.0334 e. The maximum atomic E-state index is 3.94. The normalized spacial score (nSPS) is 11.3. The molecule has 0 heterocycles. The third-order valence-electron chi connectivity index (χ3n) is 4.41. The molecule has 128 valence electrons. The molecule has 0 fully saturated rings. The molecule has 0 aliphatic rings. The molecular formula is C23H24BrP. The Kier molecular flexibility index (Phi) is 6.84. The van der Waals surface area contributed by atoms with E-state index < -0.39 is 0 Å². The van der Waals surface area contributed by atoms with Crippen molar-refractivity contribution in [1.82, 2.24) is 0 Å². The molecule has 0 radical (unpaired) electrons. The van der Waals surface area contributed by atoms with E-state index in [1.54, 1.807) is 0 Å². The summed E-state index contributed by atoms with van der Waals surface area (Å²) in [5.41, 5.74) is 4.05. The van der Waals surface area contributed by atoms with Crippen LogP contribution in [0.4, 0.5) is 0 Å². The van der Waals surface area contributed by atoms with Crippen LogP contribution in [0.1, 0.15) is 31.7 Å². The highest BCUT2D eigenvalue weighted by molar-refractivity contribution is 9.10. The summed E-state index contributed by atoms with van der Waals surface area (Å²) >= 11 is 3.94. The molecule has 0 saturated heterocycles. The van der Waals surface area contributed by atoms with Gasteiger partial charge < -0.3 is 0 Å². The molecule has 0 nitrogen and oxygen atoms in total. The number of aryl methyl sites for hydroxylation is 1. The van der Waals surface area contributed by atoms with E-state index in [0.29, 0.717) is 8.58 Å². The minimum absolute atomic E-state index is 0.681. The molecule has 2 heteroatoms. The highest BCUT2D eigenvalue weighted by atomic mass is 79.9. The maximum absolute atomic E-state index is 3.94. The standard InChI is InChI=1S/C23H24BrP/c1-2-3-6-13-19-16-17-21(18-11-7-4-8-12-18)22(24)23(19)25-20-14-9-5-10-15-20/h4-5,7-12,14-17,25H,2-3,6,13H2,1H3. The molecule has 0 aliphatic heterocycles. The van der Waals surface area contributed by atoms with Crippen LogP contribution in [0.5, 0.6) is 0 Å². The van der Waals surface area contributed by atoms with Gasteiger partial charge in [-0.15, -0.1) is 0 Å². The van der Waals surface area contributed by atoms with Gasteiger partial charge in [-0.3, -0.25) is 0 Å². The van der Waals surface area contributed by atoms with Crippen LogP contribution < -0.4 is 10.6 Å². The Balaban J connectivity index is 2.00. The third-order valence-corrected chi connectivity index (χ3v) is 7.04. The molecule has 0 saturated carbocycles. The van der Waals surface area contributed by atoms with Crippen LogP contribution in [0.2, 0.25) is 0 Å². The summed E-state index contributed by atoms with van der Waals surface area (Å²) in [6.07, 6.45) is 4.99. The van der Waals surface area contributed by atoms with E-state index >= 15 is 0 Å². The van der Waals surface area contributed by atoms with Gasteiger partial charge in [-0.05, 0) is 56.1 Å². The van der Waals surface area contributed by atoms with E-state index in [0.717, 1.165) is 6.42 Å². The topological polar surface area (TPSA) is 0 Å². The number of rotatable bonds is 7. The second kappa shape index (κ2) is 9.32. The molecule has 0 aromatic heterocycles. The minimum atomic E-state index is 0.681. The zero-order valence-corrected chi connectivity index (χ0v) is 17.2. The Labute approximate surface area is 161 Å². The molecule has 0 N–H and O–H groups in total. The fourth-order valence-corrected chi connectivity index (χ4v) is 5.21. The van der Waals surface area contributed by atoms with Crippen molar-refractivity contribution >= 4 is 35.1 Å². The van der Waals surface area contributed by atoms with E-state index in [1.807, 2.05) is 0 Å². The average Bonchev–Trinajstić information content (AvgIpc) is 2.66. The Morgan fingerprint density at radius 3 is 2.16 bits per heavy atom. The molecule has 3 aromatic carbocycles. The lowest BCUT2D eigenvalue weighted by Crippen LogP contribution is -2.12. The minimum Gasteiger partial charge on any atom is -0.0654 e. The van der Waals surface area contributed by atoms with Gasteiger partial charge in [-0.1, -0.05) is 101 Å². The maximum Gasteiger partial charge on any atom is 0.0334 e. The summed E-state index contributed by atoms with van der Waals surface area (Å²) in [5.74, 6) is 0. The highest BCUT2D eigenvalue weighted by Crippen LogP contribution is 2.32. The van der Waals surface area contributed by atoms with Crippen LogP contribution >= 0.6 is 24.5 Å². The van der Waals surface area contributed by atoms with Gasteiger partial charge in [0.1, 0.15) is 0 Å². The second-order valence-corrected chi connectivity index (χ2v) is 8.40. The predicted octanol–water partition coefficient (Wildman–Crippen LogP) is 6.48. The van der Waals surface area contributed by atoms with Gasteiger partial charge in [0.2, 0.25) is 0 Å². The zero-order chi connectivity index (χ0) is 17.5. The first kappa shape index (κ1) is 18.4. The lowest BCUT2D eigenvalue weighted by molar-refractivity contribution is 0.719. The van der Waals surface area contributed by atoms with Crippen molar-refractivity contribution in [2.24, 2.45) is 0 Å². The quantitative estimate of drug-likeness (QED) is 0.308. The molecule has 1 unspecified atom stereocenters. The van der Waals surface area contributed by atoms with Crippen LogP contribution in [0.15, 0.2) is 77.3 Å². The van der Waals surface area contributed by atoms with Gasteiger partial charge in [0.05, 0.1) is 0 Å². The van der Waals surface area contributed by atoms with Gasteiger partial charge in [0.15, 0.2) is 0 Å². The molecule has 3 rings (SSSR count). The van der Waals surface area contributed by atoms with Crippen LogP contribution in [-0.2, 0) is 6.42 Å². The Morgan fingerprint density at radius 2 is 1.48 bits per heavy atom. The van der Waals surface area contributed by atoms with Crippen molar-refractivity contribution in [3.63, 3.8) is 0 Å². The molecule has 3 aromatic rings. The van der Waals surface area contributed by atoms with Crippen LogP contribution in [0.25, 0.3) is 11.1 Å². The molecule has 25 heavy (non-hydrogen) atoms. The number of unbranched alkanes of at least 4 members (excludes halogenated alkanes) is 2. The van der Waals surface area contributed by atoms with E-state index in [1.165, 1.54) is 51.0 Å². The summed E-state index contributed by atoms with van der Waals surface area (Å²) in [6, 6.07) is 26.1. The van der Waals surface area contributed by atoms with E-state index in [2.05, 4.69) is 95.7 Å². The SMILES string of the molecule is CCCCCc1ccc(-c2ccccc2)c(Br)c1Pc1ccccc1. The molecular weight excluding hydrogens is 387 g/mol. The van der Waals surface area contributed by atoms with Crippen molar-refractivity contribution in [2.45, 2.75) is 32.6 Å². The lowest BCUT2D eigenvalue weighted by atomic mass is 10.0. The largest absolute Gasteiger partial charge is 0.0654 e. The van der Waals surface area contributed by atoms with Crippen molar-refractivity contribution in [3.8, 4) is 11.1 Å². The van der Waals surface area contributed by atoms with E-state index in [9.17, 15) is 0 Å². The van der Waals surface area contributed by atoms with Gasteiger partial charge in [-0.25, -0.2) is 0 Å². The highest BCUT2D eigenvalue weighted by Gasteiger charge is 2.13. The first-order valence-corrected chi connectivity index (χ1v) is 10.8. The Morgan fingerprint density at radius 1 is 0.800 bits per heavy atom. The summed E-state index contributed by atoms with van der Waals surface area (Å²) < 4.78 is 1.26. The summed E-state index contributed by atoms with van der Waals surface area (Å²) in [7, 11) is 0.681. The molecule has 0 amide bonds.